The second-order valence-corrected chi connectivity index (χ2v) is 10.2. The molecule has 0 saturated carbocycles. The molecular weight excluding hydrogens is 462 g/mol. The number of benzene rings is 3. The van der Waals surface area contributed by atoms with Gasteiger partial charge in [0.2, 0.25) is 5.69 Å². The van der Waals surface area contributed by atoms with E-state index in [1.165, 1.54) is 42.6 Å². The first-order valence-corrected chi connectivity index (χ1v) is 12.4. The van der Waals surface area contributed by atoms with Gasteiger partial charge in [-0.1, -0.05) is 89.8 Å². The zero-order chi connectivity index (χ0) is 42.4. The highest BCUT2D eigenvalue weighted by Crippen LogP contribution is 2.58. The van der Waals surface area contributed by atoms with E-state index < -0.39 is 68.5 Å². The van der Waals surface area contributed by atoms with Crippen molar-refractivity contribution in [1.29, 1.82) is 0 Å². The van der Waals surface area contributed by atoms with Crippen molar-refractivity contribution < 1.29 is 33.7 Å². The van der Waals surface area contributed by atoms with Crippen molar-refractivity contribution in [3.8, 4) is 22.4 Å². The van der Waals surface area contributed by atoms with Gasteiger partial charge in [0.15, 0.2) is 6.20 Å². The van der Waals surface area contributed by atoms with Gasteiger partial charge in [-0.05, 0) is 59.3 Å². The molecule has 1 aliphatic carbocycles. The molecule has 0 fully saturated rings. The van der Waals surface area contributed by atoms with E-state index >= 15 is 0 Å². The van der Waals surface area contributed by atoms with Crippen LogP contribution in [0.5, 0.6) is 0 Å². The van der Waals surface area contributed by atoms with E-state index in [0.717, 1.165) is 0 Å². The quantitative estimate of drug-likeness (QED) is 0.216. The lowest BCUT2D eigenvalue weighted by molar-refractivity contribution is -0.660. The van der Waals surface area contributed by atoms with Gasteiger partial charge in [-0.15, -0.1) is 0 Å². The first-order valence-electron chi connectivity index (χ1n) is 21.4. The lowest BCUT2D eigenvalue weighted by atomic mass is 9.63. The van der Waals surface area contributed by atoms with E-state index in [2.05, 4.69) is 0 Å². The lowest BCUT2D eigenvalue weighted by Gasteiger charge is -2.40. The number of aryl methyl sites for hydroxylation is 3. The van der Waals surface area contributed by atoms with Gasteiger partial charge in [-0.2, -0.15) is 0 Å². The van der Waals surface area contributed by atoms with Crippen molar-refractivity contribution in [3.05, 3.63) is 88.6 Å². The Hall–Kier alpha value is -3.39. The molecular formula is C36H40NO+. The number of aromatic nitrogens is 1. The maximum absolute atomic E-state index is 9.66. The SMILES string of the molecule is [2H]C([2H])([2H])c1c[n+](C)c(-c2c(C)ccc3c2oc2c4c(ccc23)C(C([2H])(C([2H])([2H])[2H])C([2H])([2H])[2H])(C([2H])(C([2H])([2H])[2H])C([2H])([2H])[2H])c2ccccc2-4)cc1C([2H])(C)C. The van der Waals surface area contributed by atoms with Crippen molar-refractivity contribution >= 4 is 21.9 Å². The Kier molecular flexibility index (Phi) is 2.65. The Morgan fingerprint density at radius 3 is 2.21 bits per heavy atom. The predicted molar refractivity (Wildman–Crippen MR) is 160 cm³/mol. The minimum atomic E-state index is -3.95. The van der Waals surface area contributed by atoms with Crippen LogP contribution < -0.4 is 4.57 Å². The summed E-state index contributed by atoms with van der Waals surface area (Å²) in [6.07, 6.45) is 1.44. The lowest BCUT2D eigenvalue weighted by Crippen LogP contribution is -2.37. The third-order valence-electron chi connectivity index (χ3n) is 7.84. The molecule has 0 atom stereocenters. The van der Waals surface area contributed by atoms with Crippen LogP contribution in [0.4, 0.5) is 0 Å². The van der Waals surface area contributed by atoms with E-state index in [4.69, 9.17) is 26.3 Å². The minimum Gasteiger partial charge on any atom is -0.454 e. The van der Waals surface area contributed by atoms with Crippen LogP contribution in [0.15, 0.2) is 65.2 Å². The Bertz CT molecular complexity index is 2340. The first-order chi connectivity index (χ1) is 25.2. The molecule has 38 heavy (non-hydrogen) atoms. The molecule has 0 unspecified atom stereocenters. The van der Waals surface area contributed by atoms with Crippen molar-refractivity contribution in [3.63, 3.8) is 0 Å². The number of rotatable bonds is 4. The number of nitrogens with zero attached hydrogens (tertiary/aromatic N) is 1. The van der Waals surface area contributed by atoms with E-state index in [1.807, 2.05) is 0 Å². The van der Waals surface area contributed by atoms with Gasteiger partial charge in [-0.3, -0.25) is 0 Å². The third kappa shape index (κ3) is 3.16. The second kappa shape index (κ2) is 8.56. The second-order valence-electron chi connectivity index (χ2n) is 10.2. The Morgan fingerprint density at radius 1 is 0.842 bits per heavy atom. The minimum absolute atomic E-state index is 0.00787. The smallest absolute Gasteiger partial charge is 0.216 e. The van der Waals surface area contributed by atoms with Crippen LogP contribution in [0, 0.1) is 25.6 Å². The van der Waals surface area contributed by atoms with Crippen molar-refractivity contribution in [2.45, 2.75) is 66.3 Å². The van der Waals surface area contributed by atoms with E-state index in [1.54, 1.807) is 50.6 Å². The zero-order valence-corrected chi connectivity index (χ0v) is 21.6. The molecule has 0 aliphatic heterocycles. The van der Waals surface area contributed by atoms with Crippen molar-refractivity contribution in [1.82, 2.24) is 0 Å². The normalized spacial score (nSPS) is 23.8. The molecule has 194 valence electrons. The van der Waals surface area contributed by atoms with Crippen LogP contribution in [0.3, 0.4) is 0 Å². The van der Waals surface area contributed by atoms with Gasteiger partial charge in [-0.25, -0.2) is 4.57 Å². The molecule has 3 aromatic carbocycles. The van der Waals surface area contributed by atoms with Gasteiger partial charge in [0.1, 0.15) is 18.2 Å². The largest absolute Gasteiger partial charge is 0.454 e. The van der Waals surface area contributed by atoms with E-state index in [9.17, 15) is 2.74 Å². The van der Waals surface area contributed by atoms with Gasteiger partial charge in [0.05, 0.1) is 5.56 Å². The molecule has 5 aromatic rings. The molecule has 0 amide bonds. The highest BCUT2D eigenvalue weighted by Gasteiger charge is 2.48. The van der Waals surface area contributed by atoms with Gasteiger partial charge < -0.3 is 4.42 Å². The van der Waals surface area contributed by atoms with Crippen molar-refractivity contribution in [2.24, 2.45) is 18.8 Å². The van der Waals surface area contributed by atoms with Gasteiger partial charge >= 0.3 is 0 Å². The monoisotopic (exact) mass is 520 g/mol. The molecule has 0 saturated heterocycles. The molecule has 2 heterocycles. The summed E-state index contributed by atoms with van der Waals surface area (Å²) in [5.74, 6) is -9.24. The van der Waals surface area contributed by atoms with Crippen LogP contribution in [0.25, 0.3) is 44.3 Å². The first kappa shape index (κ1) is 11.8. The molecule has 0 bridgehead atoms. The Morgan fingerprint density at radius 2 is 1.53 bits per heavy atom. The summed E-state index contributed by atoms with van der Waals surface area (Å²) in [4.78, 5) is 0. The van der Waals surface area contributed by atoms with Gasteiger partial charge in [0, 0.05) is 58.1 Å². The summed E-state index contributed by atoms with van der Waals surface area (Å²) < 4.78 is 164. The molecule has 1 aliphatic rings. The summed E-state index contributed by atoms with van der Waals surface area (Å²) in [7, 11) is 1.64. The molecule has 2 aromatic heterocycles. The molecule has 6 rings (SSSR count). The van der Waals surface area contributed by atoms with Crippen LogP contribution in [-0.2, 0) is 12.5 Å². The van der Waals surface area contributed by atoms with Crippen LogP contribution in [0.2, 0.25) is 0 Å². The summed E-state index contributed by atoms with van der Waals surface area (Å²) >= 11 is 0. The summed E-state index contributed by atoms with van der Waals surface area (Å²) in [6, 6.07) is 13.2. The molecule has 0 radical (unpaired) electrons. The number of hydrogen-bond acceptors (Lipinski definition) is 1. The number of furan rings is 1. The van der Waals surface area contributed by atoms with Crippen molar-refractivity contribution in [2.75, 3.05) is 0 Å². The maximum Gasteiger partial charge on any atom is 0.216 e. The number of hydrogen-bond donors (Lipinski definition) is 0. The standard InChI is InChI=1S/C36H40NO/c1-20(2)28-18-31(37(9)19-24(28)8)32-23(7)14-15-25-26-16-17-30-33(35(26)38-34(25)32)27-12-10-11-13-29(27)36(30,21(3)4)22(5)6/h10-22H,1-9H3/q+1/i3D3,4D3,5D3,6D3,8D3,20D,21D,22D. The Labute approximate surface area is 252 Å². The molecule has 2 nitrogen and oxygen atoms in total. The van der Waals surface area contributed by atoms with Crippen LogP contribution >= 0.6 is 0 Å². The predicted octanol–water partition coefficient (Wildman–Crippen LogP) is 9.40. The van der Waals surface area contributed by atoms with E-state index in [-0.39, 0.29) is 33.4 Å². The average Bonchev–Trinajstić information content (AvgIpc) is 3.55. The van der Waals surface area contributed by atoms with E-state index in [0.29, 0.717) is 27.6 Å². The summed E-state index contributed by atoms with van der Waals surface area (Å²) in [5, 5.41) is 0.864. The summed E-state index contributed by atoms with van der Waals surface area (Å²) in [6.45, 7) is -13.2. The number of pyridine rings is 1. The fourth-order valence-corrected chi connectivity index (χ4v) is 6.05. The molecule has 0 N–H and O–H groups in total. The Balaban J connectivity index is 1.87. The molecule has 0 spiro atoms. The summed E-state index contributed by atoms with van der Waals surface area (Å²) in [5.41, 5.74) is -2.35. The highest BCUT2D eigenvalue weighted by molar-refractivity contribution is 6.14. The maximum atomic E-state index is 9.66. The van der Waals surface area contributed by atoms with Crippen LogP contribution in [-0.4, -0.2) is 0 Å². The highest BCUT2D eigenvalue weighted by atomic mass is 16.3. The van der Waals surface area contributed by atoms with Gasteiger partial charge in [0.25, 0.3) is 0 Å². The molecule has 2 heteroatoms. The third-order valence-corrected chi connectivity index (χ3v) is 7.84. The van der Waals surface area contributed by atoms with Crippen LogP contribution in [0.1, 0.15) is 99.6 Å². The topological polar surface area (TPSA) is 17.0 Å². The average molecular weight is 521 g/mol. The number of fused-ring (bicyclic) bond motifs is 7. The fourth-order valence-electron chi connectivity index (χ4n) is 6.05. The fraction of sp³-hybridized carbons (Fsp3) is 0.361. The zero-order valence-electron chi connectivity index (χ0n) is 39.6.